The van der Waals surface area contributed by atoms with Crippen LogP contribution in [0.4, 0.5) is 0 Å². The molecular formula is C31H18N4. The monoisotopic (exact) mass is 446 g/mol. The van der Waals surface area contributed by atoms with Gasteiger partial charge in [-0.05, 0) is 80.9 Å². The molecule has 0 unspecified atom stereocenters. The van der Waals surface area contributed by atoms with Crippen molar-refractivity contribution in [2.45, 2.75) is 12.8 Å². The number of imidazole rings is 1. The van der Waals surface area contributed by atoms with Gasteiger partial charge in [0.15, 0.2) is 0 Å². The van der Waals surface area contributed by atoms with Gasteiger partial charge in [0.2, 0.25) is 0 Å². The average Bonchev–Trinajstić information content (AvgIpc) is 3.59. The van der Waals surface area contributed by atoms with Crippen LogP contribution in [0.2, 0.25) is 0 Å². The van der Waals surface area contributed by atoms with Crippen LogP contribution in [0.15, 0.2) is 85.3 Å². The third kappa shape index (κ3) is 2.11. The highest BCUT2D eigenvalue weighted by Crippen LogP contribution is 2.51. The van der Waals surface area contributed by atoms with Gasteiger partial charge >= 0.3 is 0 Å². The van der Waals surface area contributed by atoms with Crippen molar-refractivity contribution in [1.82, 2.24) is 19.4 Å². The Morgan fingerprint density at radius 3 is 2.51 bits per heavy atom. The number of benzene rings is 3. The molecule has 4 heterocycles. The van der Waals surface area contributed by atoms with Gasteiger partial charge in [-0.2, -0.15) is 0 Å². The van der Waals surface area contributed by atoms with E-state index >= 15 is 0 Å². The Morgan fingerprint density at radius 1 is 0.657 bits per heavy atom. The molecule has 0 fully saturated rings. The predicted molar refractivity (Wildman–Crippen MR) is 140 cm³/mol. The number of nitrogens with zero attached hydrogens (tertiary/aromatic N) is 4. The first-order valence-corrected chi connectivity index (χ1v) is 12.0. The molecule has 0 atom stereocenters. The zero-order chi connectivity index (χ0) is 22.7. The van der Waals surface area contributed by atoms with Gasteiger partial charge in [-0.25, -0.2) is 9.97 Å². The molecule has 7 aromatic rings. The van der Waals surface area contributed by atoms with Crippen LogP contribution in [0.5, 0.6) is 0 Å². The van der Waals surface area contributed by atoms with Gasteiger partial charge in [-0.15, -0.1) is 0 Å². The van der Waals surface area contributed by atoms with Gasteiger partial charge in [0.05, 0.1) is 17.2 Å². The van der Waals surface area contributed by atoms with Crippen molar-refractivity contribution in [1.29, 1.82) is 0 Å². The van der Waals surface area contributed by atoms with E-state index in [0.717, 1.165) is 40.6 Å². The Morgan fingerprint density at radius 2 is 1.54 bits per heavy atom. The van der Waals surface area contributed by atoms with Gasteiger partial charge in [-0.1, -0.05) is 48.5 Å². The molecule has 4 nitrogen and oxygen atoms in total. The molecule has 3 aromatic carbocycles. The summed E-state index contributed by atoms with van der Waals surface area (Å²) < 4.78 is 2.20. The second-order valence-electron chi connectivity index (χ2n) is 9.67. The largest absolute Gasteiger partial charge is 0.274 e. The topological polar surface area (TPSA) is 43.1 Å². The maximum Gasteiger partial charge on any atom is 0.147 e. The molecule has 0 amide bonds. The van der Waals surface area contributed by atoms with E-state index in [1.54, 1.807) is 0 Å². The Kier molecular flexibility index (Phi) is 3.11. The Bertz CT molecular complexity index is 2070. The zero-order valence-corrected chi connectivity index (χ0v) is 18.8. The van der Waals surface area contributed by atoms with E-state index in [9.17, 15) is 0 Å². The lowest BCUT2D eigenvalue weighted by Crippen LogP contribution is -1.96. The Hall–Kier alpha value is -4.57. The summed E-state index contributed by atoms with van der Waals surface area (Å²) in [6.45, 7) is 0. The third-order valence-electron chi connectivity index (χ3n) is 7.96. The summed E-state index contributed by atoms with van der Waals surface area (Å²) >= 11 is 0. The van der Waals surface area contributed by atoms with E-state index in [4.69, 9.17) is 9.97 Å². The van der Waals surface area contributed by atoms with Crippen molar-refractivity contribution in [3.8, 4) is 22.3 Å². The van der Waals surface area contributed by atoms with E-state index < -0.39 is 0 Å². The first-order valence-electron chi connectivity index (χ1n) is 12.0. The van der Waals surface area contributed by atoms with Crippen molar-refractivity contribution in [2.75, 3.05) is 0 Å². The highest BCUT2D eigenvalue weighted by Gasteiger charge is 2.30. The number of rotatable bonds is 0. The van der Waals surface area contributed by atoms with E-state index in [1.807, 2.05) is 30.7 Å². The Balaban J connectivity index is 1.47. The minimum Gasteiger partial charge on any atom is -0.274 e. The van der Waals surface area contributed by atoms with Crippen LogP contribution >= 0.6 is 0 Å². The van der Waals surface area contributed by atoms with E-state index in [0.29, 0.717) is 0 Å². The highest BCUT2D eigenvalue weighted by atomic mass is 15.1. The summed E-state index contributed by atoms with van der Waals surface area (Å²) in [5.74, 6) is 0. The quantitative estimate of drug-likeness (QED) is 0.243. The molecular weight excluding hydrogens is 428 g/mol. The van der Waals surface area contributed by atoms with E-state index in [2.05, 4.69) is 64.0 Å². The summed E-state index contributed by atoms with van der Waals surface area (Å²) in [4.78, 5) is 14.3. The fourth-order valence-corrected chi connectivity index (χ4v) is 6.55. The van der Waals surface area contributed by atoms with Crippen molar-refractivity contribution >= 4 is 38.5 Å². The van der Waals surface area contributed by atoms with Crippen LogP contribution in [0.1, 0.15) is 22.3 Å². The summed E-state index contributed by atoms with van der Waals surface area (Å²) in [5, 5.41) is 3.59. The van der Waals surface area contributed by atoms with Crippen LogP contribution in [0, 0.1) is 0 Å². The first-order chi connectivity index (χ1) is 17.4. The SMILES string of the molecule is c1ccc2c(c1)Cc1ccc3c(c1-2)-c1ccc2c4cccnc4n4c5cnccc5nc4c2c1C3. The van der Waals surface area contributed by atoms with Crippen molar-refractivity contribution < 1.29 is 0 Å². The molecule has 4 aromatic heterocycles. The minimum absolute atomic E-state index is 0.917. The van der Waals surface area contributed by atoms with Crippen molar-refractivity contribution in [3.63, 3.8) is 0 Å². The van der Waals surface area contributed by atoms with Gasteiger partial charge < -0.3 is 0 Å². The van der Waals surface area contributed by atoms with Gasteiger partial charge in [-0.3, -0.25) is 9.38 Å². The van der Waals surface area contributed by atoms with E-state index in [1.165, 1.54) is 55.3 Å². The summed E-state index contributed by atoms with van der Waals surface area (Å²) in [6, 6.07) is 24.4. The molecule has 2 aliphatic rings. The maximum absolute atomic E-state index is 5.13. The van der Waals surface area contributed by atoms with E-state index in [-0.39, 0.29) is 0 Å². The minimum atomic E-state index is 0.917. The third-order valence-corrected chi connectivity index (χ3v) is 7.96. The molecule has 9 rings (SSSR count). The Labute approximate surface area is 200 Å². The van der Waals surface area contributed by atoms with Gasteiger partial charge in [0.25, 0.3) is 0 Å². The summed E-state index contributed by atoms with van der Waals surface area (Å²) in [5.41, 5.74) is 15.0. The van der Waals surface area contributed by atoms with Crippen LogP contribution < -0.4 is 0 Å². The van der Waals surface area contributed by atoms with Crippen LogP contribution in [-0.2, 0) is 12.8 Å². The molecule has 35 heavy (non-hydrogen) atoms. The summed E-state index contributed by atoms with van der Waals surface area (Å²) in [7, 11) is 0. The molecule has 0 radical (unpaired) electrons. The number of hydrogen-bond donors (Lipinski definition) is 0. The first kappa shape index (κ1) is 17.8. The zero-order valence-electron chi connectivity index (χ0n) is 18.8. The van der Waals surface area contributed by atoms with Gasteiger partial charge in [0.1, 0.15) is 11.3 Å². The fraction of sp³-hybridized carbons (Fsp3) is 0.0645. The maximum atomic E-state index is 5.13. The van der Waals surface area contributed by atoms with Crippen LogP contribution in [-0.4, -0.2) is 19.4 Å². The lowest BCUT2D eigenvalue weighted by atomic mass is 9.93. The molecule has 0 saturated carbocycles. The molecule has 0 aliphatic heterocycles. The molecule has 162 valence electrons. The molecule has 2 aliphatic carbocycles. The standard InChI is InChI=1S/C31H18N4/c1-2-5-20-17(4-1)14-18-7-8-19-15-24-22(28(19)27(18)20)10-9-21-23-6-3-12-33-30(23)35-26-16-32-13-11-25(26)34-31(35)29(21)24/h1-13,16H,14-15H2. The van der Waals surface area contributed by atoms with Crippen LogP contribution in [0.25, 0.3) is 60.7 Å². The second-order valence-corrected chi connectivity index (χ2v) is 9.67. The summed E-state index contributed by atoms with van der Waals surface area (Å²) in [6.07, 6.45) is 7.51. The van der Waals surface area contributed by atoms with Crippen molar-refractivity contribution in [3.05, 3.63) is 108 Å². The smallest absolute Gasteiger partial charge is 0.147 e. The molecule has 0 spiro atoms. The number of pyridine rings is 3. The normalized spacial score (nSPS) is 13.5. The number of hydrogen-bond acceptors (Lipinski definition) is 3. The fourth-order valence-electron chi connectivity index (χ4n) is 6.55. The molecule has 4 heteroatoms. The molecule has 0 bridgehead atoms. The lowest BCUT2D eigenvalue weighted by Gasteiger charge is -2.13. The van der Waals surface area contributed by atoms with Crippen molar-refractivity contribution in [2.24, 2.45) is 0 Å². The number of fused-ring (bicyclic) bond motifs is 16. The lowest BCUT2D eigenvalue weighted by molar-refractivity contribution is 1.21. The van der Waals surface area contributed by atoms with Crippen LogP contribution in [0.3, 0.4) is 0 Å². The average molecular weight is 447 g/mol. The predicted octanol–water partition coefficient (Wildman–Crippen LogP) is 6.73. The van der Waals surface area contributed by atoms with Gasteiger partial charge in [0, 0.05) is 23.2 Å². The molecule has 0 saturated heterocycles. The second kappa shape index (κ2) is 6.10. The highest BCUT2D eigenvalue weighted by molar-refractivity contribution is 6.16. The number of aromatic nitrogens is 4. The molecule has 0 N–H and O–H groups in total.